The summed E-state index contributed by atoms with van der Waals surface area (Å²) in [5.74, 6) is 0.323. The van der Waals surface area contributed by atoms with E-state index in [1.807, 2.05) is 24.3 Å². The number of halogens is 1. The quantitative estimate of drug-likeness (QED) is 0.867. The number of rotatable bonds is 5. The number of hydrogen-bond donors (Lipinski definition) is 1. The van der Waals surface area contributed by atoms with E-state index in [9.17, 15) is 4.79 Å². The van der Waals surface area contributed by atoms with Crippen LogP contribution in [0.2, 0.25) is 5.02 Å². The average Bonchev–Trinajstić information content (AvgIpc) is 2.68. The molecule has 1 saturated heterocycles. The summed E-state index contributed by atoms with van der Waals surface area (Å²) in [6, 6.07) is 12.8. The fourth-order valence-corrected chi connectivity index (χ4v) is 3.48. The highest BCUT2D eigenvalue weighted by Gasteiger charge is 2.18. The Kier molecular flexibility index (Phi) is 6.01. The number of piperazine rings is 1. The predicted octanol–water partition coefficient (Wildman–Crippen LogP) is 3.74. The Morgan fingerprint density at radius 2 is 1.88 bits per heavy atom. The van der Waals surface area contributed by atoms with E-state index in [1.54, 1.807) is 25.3 Å². The average molecular weight is 374 g/mol. The van der Waals surface area contributed by atoms with Crippen LogP contribution in [-0.2, 0) is 0 Å². The van der Waals surface area contributed by atoms with E-state index >= 15 is 0 Å². The molecule has 138 valence electrons. The van der Waals surface area contributed by atoms with E-state index in [0.29, 0.717) is 22.0 Å². The highest BCUT2D eigenvalue weighted by molar-refractivity contribution is 6.33. The van der Waals surface area contributed by atoms with Gasteiger partial charge in [0.05, 0.1) is 23.4 Å². The van der Waals surface area contributed by atoms with Gasteiger partial charge in [0.2, 0.25) is 0 Å². The van der Waals surface area contributed by atoms with Crippen LogP contribution in [0, 0.1) is 0 Å². The molecule has 1 fully saturated rings. The first-order chi connectivity index (χ1) is 12.6. The summed E-state index contributed by atoms with van der Waals surface area (Å²) in [4.78, 5) is 17.2. The molecule has 5 nitrogen and oxygen atoms in total. The lowest BCUT2D eigenvalue weighted by Crippen LogP contribution is -2.46. The van der Waals surface area contributed by atoms with Gasteiger partial charge in [0.1, 0.15) is 5.75 Å². The van der Waals surface area contributed by atoms with Gasteiger partial charge in [-0.25, -0.2) is 0 Å². The lowest BCUT2D eigenvalue weighted by Gasteiger charge is -2.36. The number of hydrogen-bond acceptors (Lipinski definition) is 4. The Bertz CT molecular complexity index is 773. The predicted molar refractivity (Wildman–Crippen MR) is 107 cm³/mol. The van der Waals surface area contributed by atoms with E-state index in [1.165, 1.54) is 0 Å². The fourth-order valence-electron chi connectivity index (χ4n) is 3.18. The Morgan fingerprint density at radius 1 is 1.15 bits per heavy atom. The minimum atomic E-state index is -0.220. The van der Waals surface area contributed by atoms with Crippen LogP contribution in [0.1, 0.15) is 17.3 Å². The van der Waals surface area contributed by atoms with Gasteiger partial charge in [0, 0.05) is 31.9 Å². The molecule has 1 amide bonds. The van der Waals surface area contributed by atoms with Crippen molar-refractivity contribution in [2.24, 2.45) is 0 Å². The number of benzene rings is 2. The number of ether oxygens (including phenoxy) is 1. The fraction of sp³-hybridized carbons (Fsp3) is 0.350. The third-order valence-electron chi connectivity index (χ3n) is 4.72. The Morgan fingerprint density at radius 3 is 2.54 bits per heavy atom. The molecule has 2 aromatic rings. The van der Waals surface area contributed by atoms with Crippen LogP contribution >= 0.6 is 11.6 Å². The molecule has 3 rings (SSSR count). The normalized spacial score (nSPS) is 15.0. The number of nitrogens with zero attached hydrogens (tertiary/aromatic N) is 2. The van der Waals surface area contributed by atoms with Crippen LogP contribution < -0.4 is 15.0 Å². The number of likely N-dealkylation sites (N-methyl/N-ethyl adjacent to an activating group) is 1. The van der Waals surface area contributed by atoms with Crippen LogP contribution in [0.3, 0.4) is 0 Å². The summed E-state index contributed by atoms with van der Waals surface area (Å²) in [5, 5.41) is 3.54. The van der Waals surface area contributed by atoms with Crippen LogP contribution in [0.15, 0.2) is 42.5 Å². The highest BCUT2D eigenvalue weighted by atomic mass is 35.5. The van der Waals surface area contributed by atoms with Crippen molar-refractivity contribution in [3.05, 3.63) is 53.1 Å². The van der Waals surface area contributed by atoms with Crippen molar-refractivity contribution >= 4 is 28.9 Å². The minimum Gasteiger partial charge on any atom is -0.496 e. The molecule has 0 aromatic heterocycles. The van der Waals surface area contributed by atoms with Gasteiger partial charge in [0.15, 0.2) is 0 Å². The number of carbonyl (C=O) groups excluding carboxylic acids is 1. The van der Waals surface area contributed by atoms with Crippen molar-refractivity contribution < 1.29 is 9.53 Å². The van der Waals surface area contributed by atoms with Gasteiger partial charge in [-0.15, -0.1) is 0 Å². The van der Waals surface area contributed by atoms with Gasteiger partial charge in [-0.2, -0.15) is 0 Å². The molecule has 0 atom stereocenters. The van der Waals surface area contributed by atoms with Crippen molar-refractivity contribution in [2.75, 3.05) is 50.1 Å². The molecule has 6 heteroatoms. The molecule has 26 heavy (non-hydrogen) atoms. The molecule has 1 aliphatic heterocycles. The van der Waals surface area contributed by atoms with E-state index in [-0.39, 0.29) is 5.91 Å². The van der Waals surface area contributed by atoms with E-state index < -0.39 is 0 Å². The van der Waals surface area contributed by atoms with Gasteiger partial charge >= 0.3 is 0 Å². The van der Waals surface area contributed by atoms with Gasteiger partial charge in [-0.3, -0.25) is 4.79 Å². The molecule has 1 N–H and O–H groups in total. The summed E-state index contributed by atoms with van der Waals surface area (Å²) >= 11 is 6.49. The summed E-state index contributed by atoms with van der Waals surface area (Å²) in [6.45, 7) is 7.26. The summed E-state index contributed by atoms with van der Waals surface area (Å²) in [7, 11) is 1.55. The van der Waals surface area contributed by atoms with Crippen LogP contribution in [0.25, 0.3) is 0 Å². The smallest absolute Gasteiger partial charge is 0.259 e. The number of anilines is 2. The largest absolute Gasteiger partial charge is 0.496 e. The Labute approximate surface area is 159 Å². The summed E-state index contributed by atoms with van der Waals surface area (Å²) in [6.07, 6.45) is 0. The number of amides is 1. The third kappa shape index (κ3) is 4.11. The van der Waals surface area contributed by atoms with Crippen molar-refractivity contribution in [2.45, 2.75) is 6.92 Å². The van der Waals surface area contributed by atoms with E-state index in [4.69, 9.17) is 16.3 Å². The first-order valence-electron chi connectivity index (χ1n) is 8.83. The zero-order valence-electron chi connectivity index (χ0n) is 15.2. The van der Waals surface area contributed by atoms with Crippen molar-refractivity contribution in [3.8, 4) is 5.75 Å². The van der Waals surface area contributed by atoms with Crippen molar-refractivity contribution in [1.82, 2.24) is 4.90 Å². The molecule has 0 spiro atoms. The second kappa shape index (κ2) is 8.43. The Hall–Kier alpha value is -2.24. The topological polar surface area (TPSA) is 44.8 Å². The minimum absolute atomic E-state index is 0.220. The Balaban J connectivity index is 1.71. The maximum Gasteiger partial charge on any atom is 0.259 e. The van der Waals surface area contributed by atoms with Gasteiger partial charge in [-0.05, 0) is 36.9 Å². The molecular weight excluding hydrogens is 350 g/mol. The maximum atomic E-state index is 12.5. The lowest BCUT2D eigenvalue weighted by molar-refractivity contribution is 0.102. The molecule has 0 saturated carbocycles. The van der Waals surface area contributed by atoms with Crippen molar-refractivity contribution in [3.63, 3.8) is 0 Å². The monoisotopic (exact) mass is 373 g/mol. The number of carbonyl (C=O) groups is 1. The standard InChI is InChI=1S/C20H24ClN3O2/c1-3-23-10-12-24(13-11-23)18-9-8-15(14-17(18)21)22-20(25)16-6-4-5-7-19(16)26-2/h4-9,14H,3,10-13H2,1-2H3,(H,22,25). The lowest BCUT2D eigenvalue weighted by atomic mass is 10.1. The zero-order chi connectivity index (χ0) is 18.5. The second-order valence-electron chi connectivity index (χ2n) is 6.24. The van der Waals surface area contributed by atoms with Crippen molar-refractivity contribution in [1.29, 1.82) is 0 Å². The zero-order valence-corrected chi connectivity index (χ0v) is 15.9. The van der Waals surface area contributed by atoms with E-state index in [2.05, 4.69) is 22.0 Å². The molecule has 0 bridgehead atoms. The maximum absolute atomic E-state index is 12.5. The first-order valence-corrected chi connectivity index (χ1v) is 9.21. The highest BCUT2D eigenvalue weighted by Crippen LogP contribution is 2.30. The number of para-hydroxylation sites is 1. The summed E-state index contributed by atoms with van der Waals surface area (Å²) in [5.41, 5.74) is 2.17. The molecular formula is C20H24ClN3O2. The van der Waals surface area contributed by atoms with Gasteiger partial charge in [-0.1, -0.05) is 30.7 Å². The third-order valence-corrected chi connectivity index (χ3v) is 5.02. The molecule has 0 aliphatic carbocycles. The number of methoxy groups -OCH3 is 1. The molecule has 1 heterocycles. The molecule has 0 unspecified atom stereocenters. The van der Waals surface area contributed by atoms with Crippen LogP contribution in [-0.4, -0.2) is 50.6 Å². The van der Waals surface area contributed by atoms with Gasteiger partial charge < -0.3 is 19.9 Å². The molecule has 2 aromatic carbocycles. The molecule has 0 radical (unpaired) electrons. The number of nitrogens with one attached hydrogen (secondary N) is 1. The first kappa shape index (κ1) is 18.5. The van der Waals surface area contributed by atoms with E-state index in [0.717, 1.165) is 38.4 Å². The van der Waals surface area contributed by atoms with Crippen LogP contribution in [0.4, 0.5) is 11.4 Å². The SMILES string of the molecule is CCN1CCN(c2ccc(NC(=O)c3ccccc3OC)cc2Cl)CC1. The molecule has 1 aliphatic rings. The van der Waals surface area contributed by atoms with Gasteiger partial charge in [0.25, 0.3) is 5.91 Å². The summed E-state index contributed by atoms with van der Waals surface area (Å²) < 4.78 is 5.25. The second-order valence-corrected chi connectivity index (χ2v) is 6.65. The van der Waals surface area contributed by atoms with Crippen LogP contribution in [0.5, 0.6) is 5.75 Å².